The number of nitrogens with one attached hydrogen (secondary N) is 1. The van der Waals surface area contributed by atoms with Gasteiger partial charge in [0.2, 0.25) is 0 Å². The predicted octanol–water partition coefficient (Wildman–Crippen LogP) is 3.49. The number of ether oxygens (including phenoxy) is 1. The van der Waals surface area contributed by atoms with Gasteiger partial charge in [-0.3, -0.25) is 19.6 Å². The summed E-state index contributed by atoms with van der Waals surface area (Å²) in [5.41, 5.74) is 0.966. The van der Waals surface area contributed by atoms with Crippen LogP contribution in [0.3, 0.4) is 0 Å². The van der Waals surface area contributed by atoms with E-state index in [1.165, 1.54) is 31.0 Å². The summed E-state index contributed by atoms with van der Waals surface area (Å²) in [6, 6.07) is 7.93. The van der Waals surface area contributed by atoms with Crippen LogP contribution in [0, 0.1) is 24.0 Å². The third-order valence-electron chi connectivity index (χ3n) is 5.49. The van der Waals surface area contributed by atoms with E-state index in [2.05, 4.69) is 20.5 Å². The number of aryl methyl sites for hydroxylation is 1. The zero-order valence-corrected chi connectivity index (χ0v) is 19.0. The maximum atomic E-state index is 13.8. The first-order valence-electron chi connectivity index (χ1n) is 10.5. The molecule has 0 saturated carbocycles. The second-order valence-corrected chi connectivity index (χ2v) is 7.64. The van der Waals surface area contributed by atoms with Gasteiger partial charge in [-0.05, 0) is 44.2 Å². The number of nitrogens with zero attached hydrogens (tertiary/aromatic N) is 6. The van der Waals surface area contributed by atoms with Crippen molar-refractivity contribution in [3.05, 3.63) is 69.3 Å². The van der Waals surface area contributed by atoms with Gasteiger partial charge >= 0.3 is 5.69 Å². The number of nitro groups is 1. The highest BCUT2D eigenvalue weighted by molar-refractivity contribution is 5.99. The maximum absolute atomic E-state index is 13.8. The molecule has 0 aliphatic heterocycles. The molecule has 11 nitrogen and oxygen atoms in total. The first-order valence-corrected chi connectivity index (χ1v) is 10.5. The Labute approximate surface area is 197 Å². The number of rotatable bonds is 8. The zero-order chi connectivity index (χ0) is 25.3. The highest BCUT2D eigenvalue weighted by atomic mass is 19.3. The Morgan fingerprint density at radius 2 is 1.97 bits per heavy atom. The van der Waals surface area contributed by atoms with Crippen LogP contribution in [0.25, 0.3) is 16.9 Å². The number of benzene rings is 1. The predicted molar refractivity (Wildman–Crippen MR) is 121 cm³/mol. The Morgan fingerprint density at radius 3 is 2.57 bits per heavy atom. The highest BCUT2D eigenvalue weighted by Crippen LogP contribution is 2.28. The zero-order valence-electron chi connectivity index (χ0n) is 19.0. The molecular formula is C22H21F2N7O4. The van der Waals surface area contributed by atoms with Gasteiger partial charge in [0.05, 0.1) is 30.5 Å². The number of carbonyl (C=O) groups is 1. The van der Waals surface area contributed by atoms with Gasteiger partial charge in [0.1, 0.15) is 28.4 Å². The van der Waals surface area contributed by atoms with Crippen molar-refractivity contribution in [1.29, 1.82) is 0 Å². The average Bonchev–Trinajstić information content (AvgIpc) is 3.38. The Hall–Kier alpha value is -4.42. The quantitative estimate of drug-likeness (QED) is 0.299. The molecule has 182 valence electrons. The van der Waals surface area contributed by atoms with Gasteiger partial charge in [-0.15, -0.1) is 0 Å². The van der Waals surface area contributed by atoms with E-state index in [1.54, 1.807) is 31.2 Å². The molecule has 3 aromatic heterocycles. The van der Waals surface area contributed by atoms with Crippen molar-refractivity contribution >= 4 is 17.2 Å². The molecule has 35 heavy (non-hydrogen) atoms. The molecule has 1 aromatic carbocycles. The van der Waals surface area contributed by atoms with Crippen LogP contribution in [0.2, 0.25) is 0 Å². The molecule has 4 aromatic rings. The molecule has 0 fully saturated rings. The lowest BCUT2D eigenvalue weighted by Gasteiger charge is -2.09. The third-order valence-corrected chi connectivity index (χ3v) is 5.49. The molecule has 0 bridgehead atoms. The lowest BCUT2D eigenvalue weighted by molar-refractivity contribution is -0.386. The molecular weight excluding hydrogens is 464 g/mol. The molecule has 0 aliphatic rings. The average molecular weight is 485 g/mol. The van der Waals surface area contributed by atoms with Crippen molar-refractivity contribution in [2.45, 2.75) is 26.8 Å². The normalized spacial score (nSPS) is 11.3. The lowest BCUT2D eigenvalue weighted by Crippen LogP contribution is -2.28. The van der Waals surface area contributed by atoms with Crippen LogP contribution in [0.1, 0.15) is 33.9 Å². The van der Waals surface area contributed by atoms with Crippen molar-refractivity contribution in [2.75, 3.05) is 13.7 Å². The van der Waals surface area contributed by atoms with Gasteiger partial charge in [0.25, 0.3) is 12.3 Å². The molecule has 0 spiro atoms. The maximum Gasteiger partial charge on any atom is 0.312 e. The molecule has 0 unspecified atom stereocenters. The molecule has 13 heteroatoms. The molecule has 1 N–H and O–H groups in total. The van der Waals surface area contributed by atoms with Gasteiger partial charge in [-0.1, -0.05) is 0 Å². The molecule has 0 atom stereocenters. The standard InChI is InChI=1S/C22H21F2N7O4/c1-12-19(31(33)34)13(2)29(28-12)9-8-25-22(32)16-11-26-30-18(20(23)24)10-17(27-21(16)30)14-4-6-15(35-3)7-5-14/h4-7,10-11,20H,8-9H2,1-3H3,(H,25,32). The van der Waals surface area contributed by atoms with Gasteiger partial charge < -0.3 is 10.1 Å². The molecule has 4 rings (SSSR count). The second kappa shape index (κ2) is 9.44. The summed E-state index contributed by atoms with van der Waals surface area (Å²) >= 11 is 0. The Bertz CT molecular complexity index is 1410. The number of hydrogen-bond acceptors (Lipinski definition) is 7. The number of hydrogen-bond donors (Lipinski definition) is 1. The van der Waals surface area contributed by atoms with E-state index in [4.69, 9.17) is 4.74 Å². The SMILES string of the molecule is COc1ccc(-c2cc(C(F)F)n3ncc(C(=O)NCCn4nc(C)c([N+](=O)[O-])c4C)c3n2)cc1. The Kier molecular flexibility index (Phi) is 6.40. The second-order valence-electron chi connectivity index (χ2n) is 7.64. The van der Waals surface area contributed by atoms with Crippen molar-refractivity contribution in [2.24, 2.45) is 0 Å². The highest BCUT2D eigenvalue weighted by Gasteiger charge is 2.23. The van der Waals surface area contributed by atoms with Gasteiger partial charge in [-0.2, -0.15) is 10.2 Å². The molecule has 0 saturated heterocycles. The molecule has 0 aliphatic carbocycles. The largest absolute Gasteiger partial charge is 0.497 e. The van der Waals surface area contributed by atoms with E-state index in [-0.39, 0.29) is 41.4 Å². The van der Waals surface area contributed by atoms with Crippen molar-refractivity contribution < 1.29 is 23.2 Å². The lowest BCUT2D eigenvalue weighted by atomic mass is 10.1. The Balaban J connectivity index is 1.60. The topological polar surface area (TPSA) is 129 Å². The molecule has 1 amide bonds. The third kappa shape index (κ3) is 4.52. The summed E-state index contributed by atoms with van der Waals surface area (Å²) in [6.45, 7) is 3.38. The fourth-order valence-corrected chi connectivity index (χ4v) is 3.75. The van der Waals surface area contributed by atoms with Crippen LogP contribution >= 0.6 is 0 Å². The summed E-state index contributed by atoms with van der Waals surface area (Å²) in [5, 5.41) is 21.9. The molecule has 3 heterocycles. The number of carbonyl (C=O) groups excluding carboxylic acids is 1. The van der Waals surface area contributed by atoms with Crippen molar-refractivity contribution in [1.82, 2.24) is 29.7 Å². The fourth-order valence-electron chi connectivity index (χ4n) is 3.75. The summed E-state index contributed by atoms with van der Waals surface area (Å²) < 4.78 is 35.0. The summed E-state index contributed by atoms with van der Waals surface area (Å²) in [6.07, 6.45) is -1.68. The van der Waals surface area contributed by atoms with Crippen molar-refractivity contribution in [3.63, 3.8) is 0 Å². The van der Waals surface area contributed by atoms with Crippen LogP contribution < -0.4 is 10.1 Å². The molecule has 0 radical (unpaired) electrons. The van der Waals surface area contributed by atoms with Crippen LogP contribution in [0.4, 0.5) is 14.5 Å². The van der Waals surface area contributed by atoms with E-state index < -0.39 is 22.9 Å². The summed E-state index contributed by atoms with van der Waals surface area (Å²) in [5.74, 6) is 0.0249. The van der Waals surface area contributed by atoms with E-state index in [9.17, 15) is 23.7 Å². The van der Waals surface area contributed by atoms with Gasteiger partial charge in [0, 0.05) is 12.1 Å². The van der Waals surface area contributed by atoms with Gasteiger partial charge in [0.15, 0.2) is 5.65 Å². The summed E-state index contributed by atoms with van der Waals surface area (Å²) in [4.78, 5) is 27.9. The number of amides is 1. The van der Waals surface area contributed by atoms with E-state index in [1.807, 2.05) is 0 Å². The van der Waals surface area contributed by atoms with Crippen LogP contribution in [-0.4, -0.2) is 48.9 Å². The minimum Gasteiger partial charge on any atom is -0.497 e. The minimum absolute atomic E-state index is 0.0154. The number of methoxy groups -OCH3 is 1. The van der Waals surface area contributed by atoms with Crippen LogP contribution in [0.15, 0.2) is 36.5 Å². The minimum atomic E-state index is -2.85. The van der Waals surface area contributed by atoms with E-state index in [0.29, 0.717) is 17.0 Å². The number of aromatic nitrogens is 5. The van der Waals surface area contributed by atoms with E-state index in [0.717, 1.165) is 4.52 Å². The Morgan fingerprint density at radius 1 is 1.26 bits per heavy atom. The first kappa shape index (κ1) is 23.7. The monoisotopic (exact) mass is 485 g/mol. The smallest absolute Gasteiger partial charge is 0.312 e. The summed E-state index contributed by atoms with van der Waals surface area (Å²) in [7, 11) is 1.52. The number of fused-ring (bicyclic) bond motifs is 1. The number of halogens is 2. The van der Waals surface area contributed by atoms with Crippen molar-refractivity contribution in [3.8, 4) is 17.0 Å². The van der Waals surface area contributed by atoms with Crippen LogP contribution in [0.5, 0.6) is 5.75 Å². The fraction of sp³-hybridized carbons (Fsp3) is 0.273. The first-order chi connectivity index (χ1) is 16.7. The number of alkyl halides is 2. The van der Waals surface area contributed by atoms with Gasteiger partial charge in [-0.25, -0.2) is 18.3 Å². The van der Waals surface area contributed by atoms with E-state index >= 15 is 0 Å². The van der Waals surface area contributed by atoms with Crippen LogP contribution in [-0.2, 0) is 6.54 Å².